The summed E-state index contributed by atoms with van der Waals surface area (Å²) in [4.78, 5) is 12.6. The fraction of sp³-hybridized carbons (Fsp3) is 0.100. The number of anilines is 1. The maximum absolute atomic E-state index is 12.7. The van der Waals surface area contributed by atoms with Crippen molar-refractivity contribution in [3.05, 3.63) is 70.7 Å². The second kappa shape index (κ2) is 8.26. The number of hydrogen-bond acceptors (Lipinski definition) is 3. The number of thiocarbonyl (C=S) groups is 1. The quantitative estimate of drug-likeness (QED) is 0.519. The lowest BCUT2D eigenvalue weighted by Gasteiger charge is -2.14. The molecule has 0 atom stereocenters. The van der Waals surface area contributed by atoms with Crippen LogP contribution in [0.4, 0.5) is 18.9 Å². The van der Waals surface area contributed by atoms with Crippen LogP contribution in [-0.2, 0) is 6.18 Å². The monoisotopic (exact) mass is 438 g/mol. The molecule has 0 saturated carbocycles. The average molecular weight is 439 g/mol. The highest BCUT2D eigenvalue weighted by Crippen LogP contribution is 2.33. The Bertz CT molecular complexity index is 1100. The van der Waals surface area contributed by atoms with Crippen LogP contribution < -0.4 is 15.4 Å². The number of hydrogen-bond donors (Lipinski definition) is 2. The molecule has 29 heavy (non-hydrogen) atoms. The van der Waals surface area contributed by atoms with E-state index in [4.69, 9.17) is 28.6 Å². The zero-order chi connectivity index (χ0) is 21.2. The Morgan fingerprint density at radius 3 is 2.31 bits per heavy atom. The van der Waals surface area contributed by atoms with Crippen LogP contribution in [0.1, 0.15) is 15.9 Å². The van der Waals surface area contributed by atoms with E-state index in [0.29, 0.717) is 5.75 Å². The van der Waals surface area contributed by atoms with Gasteiger partial charge in [0.2, 0.25) is 0 Å². The van der Waals surface area contributed by atoms with Crippen LogP contribution in [0.3, 0.4) is 0 Å². The van der Waals surface area contributed by atoms with Crippen LogP contribution in [0.15, 0.2) is 54.6 Å². The molecule has 0 aromatic heterocycles. The summed E-state index contributed by atoms with van der Waals surface area (Å²) in [6.07, 6.45) is -4.51. The van der Waals surface area contributed by atoms with E-state index in [0.717, 1.165) is 29.0 Å². The summed E-state index contributed by atoms with van der Waals surface area (Å²) in [6, 6.07) is 13.6. The van der Waals surface area contributed by atoms with Crippen LogP contribution in [-0.4, -0.2) is 18.1 Å². The van der Waals surface area contributed by atoms with Gasteiger partial charge in [-0.15, -0.1) is 0 Å². The summed E-state index contributed by atoms with van der Waals surface area (Å²) in [5.41, 5.74) is -0.492. The van der Waals surface area contributed by atoms with E-state index in [1.165, 1.54) is 7.11 Å². The van der Waals surface area contributed by atoms with Crippen molar-refractivity contribution in [2.24, 2.45) is 0 Å². The molecule has 150 valence electrons. The van der Waals surface area contributed by atoms with Crippen LogP contribution in [0.25, 0.3) is 10.8 Å². The van der Waals surface area contributed by atoms with Crippen LogP contribution in [0, 0.1) is 0 Å². The number of halogens is 4. The van der Waals surface area contributed by atoms with Gasteiger partial charge in [0.1, 0.15) is 5.75 Å². The second-order valence-corrected chi connectivity index (χ2v) is 6.82. The molecule has 9 heteroatoms. The van der Waals surface area contributed by atoms with Gasteiger partial charge in [-0.05, 0) is 53.3 Å². The average Bonchev–Trinajstić information content (AvgIpc) is 2.67. The van der Waals surface area contributed by atoms with Gasteiger partial charge in [-0.1, -0.05) is 35.9 Å². The minimum atomic E-state index is -4.51. The van der Waals surface area contributed by atoms with Crippen molar-refractivity contribution in [2.75, 3.05) is 12.4 Å². The van der Waals surface area contributed by atoms with Gasteiger partial charge in [0.15, 0.2) is 5.11 Å². The minimum absolute atomic E-state index is 0.119. The summed E-state index contributed by atoms with van der Waals surface area (Å²) in [7, 11) is 1.44. The predicted molar refractivity (Wildman–Crippen MR) is 111 cm³/mol. The summed E-state index contributed by atoms with van der Waals surface area (Å²) in [6.45, 7) is 0. The van der Waals surface area contributed by atoms with Gasteiger partial charge in [-0.25, -0.2) is 0 Å². The largest absolute Gasteiger partial charge is 0.496 e. The smallest absolute Gasteiger partial charge is 0.416 e. The maximum Gasteiger partial charge on any atom is 0.416 e. The number of amides is 1. The van der Waals surface area contributed by atoms with E-state index >= 15 is 0 Å². The molecule has 0 saturated heterocycles. The molecule has 0 bridgehead atoms. The highest BCUT2D eigenvalue weighted by atomic mass is 35.5. The maximum atomic E-state index is 12.7. The number of ether oxygens (including phenoxy) is 1. The van der Waals surface area contributed by atoms with Gasteiger partial charge < -0.3 is 10.1 Å². The Kier molecular flexibility index (Phi) is 5.95. The lowest BCUT2D eigenvalue weighted by molar-refractivity contribution is -0.137. The standard InChI is InChI=1S/C20H14ClF3N2O2S/c1-28-17-9-12-5-3-2-4-11(12)8-14(17)18(27)26-19(29)25-16-7-6-13(10-15(16)21)20(22,23)24/h2-10H,1H3,(H2,25,26,27,29). The summed E-state index contributed by atoms with van der Waals surface area (Å²) in [5, 5.41) is 6.54. The highest BCUT2D eigenvalue weighted by molar-refractivity contribution is 7.80. The third-order valence-electron chi connectivity index (χ3n) is 4.08. The van der Waals surface area contributed by atoms with Gasteiger partial charge in [0, 0.05) is 0 Å². The Morgan fingerprint density at radius 1 is 1.07 bits per heavy atom. The number of carbonyl (C=O) groups is 1. The second-order valence-electron chi connectivity index (χ2n) is 6.00. The Balaban J connectivity index is 1.78. The number of methoxy groups -OCH3 is 1. The van der Waals surface area contributed by atoms with Gasteiger partial charge in [-0.3, -0.25) is 10.1 Å². The predicted octanol–water partition coefficient (Wildman–Crippen LogP) is 5.65. The van der Waals surface area contributed by atoms with Crippen molar-refractivity contribution in [1.29, 1.82) is 0 Å². The minimum Gasteiger partial charge on any atom is -0.496 e. The normalized spacial score (nSPS) is 11.2. The van der Waals surface area contributed by atoms with Crippen LogP contribution in [0.2, 0.25) is 5.02 Å². The Labute approximate surface area is 174 Å². The van der Waals surface area contributed by atoms with Crippen molar-refractivity contribution < 1.29 is 22.7 Å². The molecule has 4 nitrogen and oxygen atoms in total. The first kappa shape index (κ1) is 20.9. The number of benzene rings is 3. The Hall–Kier alpha value is -2.84. The molecular weight excluding hydrogens is 425 g/mol. The van der Waals surface area contributed by atoms with Gasteiger partial charge in [-0.2, -0.15) is 13.2 Å². The number of alkyl halides is 3. The molecule has 1 amide bonds. The lowest BCUT2D eigenvalue weighted by atomic mass is 10.1. The first-order valence-electron chi connectivity index (χ1n) is 8.25. The lowest BCUT2D eigenvalue weighted by Crippen LogP contribution is -2.34. The SMILES string of the molecule is COc1cc2ccccc2cc1C(=O)NC(=S)Nc1ccc(C(F)(F)F)cc1Cl. The molecule has 3 aromatic carbocycles. The first-order chi connectivity index (χ1) is 13.7. The summed E-state index contributed by atoms with van der Waals surface area (Å²) in [5.74, 6) is -0.176. The number of nitrogens with one attached hydrogen (secondary N) is 2. The molecule has 3 rings (SSSR count). The molecule has 0 aliphatic carbocycles. The first-order valence-corrected chi connectivity index (χ1v) is 9.03. The van der Waals surface area contributed by atoms with Crippen molar-refractivity contribution >= 4 is 51.3 Å². The molecule has 2 N–H and O–H groups in total. The zero-order valence-corrected chi connectivity index (χ0v) is 16.5. The fourth-order valence-corrected chi connectivity index (χ4v) is 3.11. The van der Waals surface area contributed by atoms with Crippen molar-refractivity contribution in [3.63, 3.8) is 0 Å². The van der Waals surface area contributed by atoms with E-state index < -0.39 is 17.6 Å². The number of fused-ring (bicyclic) bond motifs is 1. The molecule has 0 spiro atoms. The van der Waals surface area contributed by atoms with Gasteiger partial charge >= 0.3 is 6.18 Å². The molecule has 0 radical (unpaired) electrons. The molecule has 0 unspecified atom stereocenters. The van der Waals surface area contributed by atoms with E-state index in [1.54, 1.807) is 12.1 Å². The van der Waals surface area contributed by atoms with E-state index in [2.05, 4.69) is 10.6 Å². The molecule has 0 aliphatic rings. The third-order valence-corrected chi connectivity index (χ3v) is 4.60. The van der Waals surface area contributed by atoms with Crippen LogP contribution in [0.5, 0.6) is 5.75 Å². The summed E-state index contributed by atoms with van der Waals surface area (Å²) >= 11 is 11.0. The van der Waals surface area contributed by atoms with E-state index in [-0.39, 0.29) is 21.4 Å². The van der Waals surface area contributed by atoms with Gasteiger partial charge in [0.25, 0.3) is 5.91 Å². The molecule has 3 aromatic rings. The molecule has 0 fully saturated rings. The fourth-order valence-electron chi connectivity index (χ4n) is 2.68. The Morgan fingerprint density at radius 2 is 1.72 bits per heavy atom. The van der Waals surface area contributed by atoms with Crippen molar-refractivity contribution in [3.8, 4) is 5.75 Å². The summed E-state index contributed by atoms with van der Waals surface area (Å²) < 4.78 is 43.5. The highest BCUT2D eigenvalue weighted by Gasteiger charge is 2.31. The topological polar surface area (TPSA) is 50.4 Å². The third kappa shape index (κ3) is 4.78. The van der Waals surface area contributed by atoms with E-state index in [9.17, 15) is 18.0 Å². The van der Waals surface area contributed by atoms with Gasteiger partial charge in [0.05, 0.1) is 28.9 Å². The molecular formula is C20H14ClF3N2O2S. The van der Waals surface area contributed by atoms with E-state index in [1.807, 2.05) is 24.3 Å². The van der Waals surface area contributed by atoms with Crippen molar-refractivity contribution in [2.45, 2.75) is 6.18 Å². The molecule has 0 aliphatic heterocycles. The van der Waals surface area contributed by atoms with Crippen LogP contribution >= 0.6 is 23.8 Å². The number of rotatable bonds is 3. The van der Waals surface area contributed by atoms with Crippen molar-refractivity contribution in [1.82, 2.24) is 5.32 Å². The zero-order valence-electron chi connectivity index (χ0n) is 14.9. The number of carbonyl (C=O) groups excluding carboxylic acids is 1. The molecule has 0 heterocycles.